The van der Waals surface area contributed by atoms with E-state index in [2.05, 4.69) is 39.0 Å². The van der Waals surface area contributed by atoms with E-state index in [1.807, 2.05) is 4.90 Å². The summed E-state index contributed by atoms with van der Waals surface area (Å²) in [5.74, 6) is -0.544. The minimum absolute atomic E-state index is 0.00405. The van der Waals surface area contributed by atoms with Crippen molar-refractivity contribution in [1.82, 2.24) is 4.90 Å². The lowest BCUT2D eigenvalue weighted by molar-refractivity contribution is -0.132. The fourth-order valence-electron chi connectivity index (χ4n) is 3.08. The van der Waals surface area contributed by atoms with Gasteiger partial charge in [0.25, 0.3) is 0 Å². The van der Waals surface area contributed by atoms with Crippen molar-refractivity contribution in [3.05, 3.63) is 34.4 Å². The zero-order valence-electron chi connectivity index (χ0n) is 12.6. The molecule has 1 heterocycles. The average molecular weight is 270 g/mol. The van der Waals surface area contributed by atoms with Gasteiger partial charge in [0.15, 0.2) is 0 Å². The van der Waals surface area contributed by atoms with Crippen LogP contribution in [0.1, 0.15) is 35.1 Å². The molecule has 0 aliphatic carbocycles. The van der Waals surface area contributed by atoms with E-state index in [9.17, 15) is 10.1 Å². The molecular weight excluding hydrogens is 248 g/mol. The summed E-state index contributed by atoms with van der Waals surface area (Å²) in [6.45, 7) is 7.81. The van der Waals surface area contributed by atoms with E-state index >= 15 is 0 Å². The monoisotopic (exact) mass is 270 g/mol. The summed E-state index contributed by atoms with van der Waals surface area (Å²) < 4.78 is 0. The largest absolute Gasteiger partial charge is 0.342 e. The number of nitrogens with zero attached hydrogens (tertiary/aromatic N) is 2. The van der Waals surface area contributed by atoms with Crippen LogP contribution in [0.25, 0.3) is 0 Å². The van der Waals surface area contributed by atoms with E-state index in [4.69, 9.17) is 0 Å². The normalized spacial score (nSPS) is 16.0. The number of hydrogen-bond donors (Lipinski definition) is 0. The van der Waals surface area contributed by atoms with E-state index in [0.29, 0.717) is 6.42 Å². The highest BCUT2D eigenvalue weighted by molar-refractivity contribution is 5.81. The number of benzene rings is 1. The summed E-state index contributed by atoms with van der Waals surface area (Å²) in [6, 6.07) is 6.45. The van der Waals surface area contributed by atoms with E-state index in [1.165, 1.54) is 16.7 Å². The van der Waals surface area contributed by atoms with Crippen LogP contribution in [0.15, 0.2) is 12.1 Å². The fraction of sp³-hybridized carbons (Fsp3) is 0.529. The second kappa shape index (κ2) is 6.09. The second-order valence-electron chi connectivity index (χ2n) is 5.80. The first-order valence-electron chi connectivity index (χ1n) is 7.28. The summed E-state index contributed by atoms with van der Waals surface area (Å²) in [5.41, 5.74) is 4.73. The Labute approximate surface area is 121 Å². The van der Waals surface area contributed by atoms with Crippen molar-refractivity contribution in [3.8, 4) is 6.07 Å². The van der Waals surface area contributed by atoms with Gasteiger partial charge in [-0.1, -0.05) is 17.7 Å². The highest BCUT2D eigenvalue weighted by atomic mass is 16.2. The average Bonchev–Trinajstić information content (AvgIpc) is 2.91. The molecule has 1 fully saturated rings. The summed E-state index contributed by atoms with van der Waals surface area (Å²) in [6.07, 6.45) is 2.66. The molecule has 3 nitrogen and oxygen atoms in total. The van der Waals surface area contributed by atoms with Gasteiger partial charge < -0.3 is 4.90 Å². The van der Waals surface area contributed by atoms with Crippen LogP contribution in [0, 0.1) is 38.0 Å². The molecule has 3 heteroatoms. The molecule has 0 saturated carbocycles. The minimum Gasteiger partial charge on any atom is -0.342 e. The standard InChI is InChI=1S/C17H22N2O/c1-12-8-13(2)16(14(3)9-12)10-15(11-18)17(20)19-6-4-5-7-19/h8-9,15H,4-7,10H2,1-3H3. The molecular formula is C17H22N2O. The zero-order chi connectivity index (χ0) is 14.7. The molecule has 1 atom stereocenters. The Balaban J connectivity index is 2.18. The van der Waals surface area contributed by atoms with Gasteiger partial charge >= 0.3 is 0 Å². The van der Waals surface area contributed by atoms with Gasteiger partial charge in [-0.05, 0) is 56.7 Å². The highest BCUT2D eigenvalue weighted by Crippen LogP contribution is 2.22. The molecule has 1 unspecified atom stereocenters. The predicted molar refractivity (Wildman–Crippen MR) is 79.3 cm³/mol. The molecule has 106 valence electrons. The van der Waals surface area contributed by atoms with Crippen molar-refractivity contribution in [3.63, 3.8) is 0 Å². The topological polar surface area (TPSA) is 44.1 Å². The first kappa shape index (κ1) is 14.6. The smallest absolute Gasteiger partial charge is 0.240 e. The Morgan fingerprint density at radius 1 is 1.25 bits per heavy atom. The first-order chi connectivity index (χ1) is 9.52. The number of carbonyl (C=O) groups is 1. The maximum atomic E-state index is 12.4. The van der Waals surface area contributed by atoms with Gasteiger partial charge in [-0.3, -0.25) is 4.79 Å². The van der Waals surface area contributed by atoms with Crippen LogP contribution < -0.4 is 0 Å². The lowest BCUT2D eigenvalue weighted by atomic mass is 9.91. The van der Waals surface area contributed by atoms with Gasteiger partial charge in [0, 0.05) is 13.1 Å². The number of hydrogen-bond acceptors (Lipinski definition) is 2. The minimum atomic E-state index is -0.548. The van der Waals surface area contributed by atoms with Crippen molar-refractivity contribution in [2.75, 3.05) is 13.1 Å². The number of nitriles is 1. The van der Waals surface area contributed by atoms with Crippen molar-refractivity contribution in [1.29, 1.82) is 5.26 Å². The molecule has 1 aliphatic rings. The van der Waals surface area contributed by atoms with Crippen LogP contribution in [0.2, 0.25) is 0 Å². The third-order valence-electron chi connectivity index (χ3n) is 4.12. The Hall–Kier alpha value is -1.82. The molecule has 1 aromatic carbocycles. The Morgan fingerprint density at radius 3 is 2.30 bits per heavy atom. The maximum absolute atomic E-state index is 12.4. The van der Waals surface area contributed by atoms with Gasteiger partial charge in [0.2, 0.25) is 5.91 Å². The highest BCUT2D eigenvalue weighted by Gasteiger charge is 2.27. The Morgan fingerprint density at radius 2 is 1.80 bits per heavy atom. The Kier molecular flexibility index (Phi) is 4.44. The van der Waals surface area contributed by atoms with Crippen LogP contribution in [0.5, 0.6) is 0 Å². The van der Waals surface area contributed by atoms with Gasteiger partial charge in [0.1, 0.15) is 5.92 Å². The van der Waals surface area contributed by atoms with Gasteiger partial charge in [0.05, 0.1) is 6.07 Å². The van der Waals surface area contributed by atoms with Crippen LogP contribution in [-0.2, 0) is 11.2 Å². The predicted octanol–water partition coefficient (Wildman–Crippen LogP) is 2.92. The van der Waals surface area contributed by atoms with Crippen LogP contribution in [0.3, 0.4) is 0 Å². The van der Waals surface area contributed by atoms with Crippen LogP contribution >= 0.6 is 0 Å². The number of rotatable bonds is 3. The molecule has 0 radical (unpaired) electrons. The number of likely N-dealkylation sites (tertiary alicyclic amines) is 1. The van der Waals surface area contributed by atoms with Gasteiger partial charge in [-0.2, -0.15) is 5.26 Å². The SMILES string of the molecule is Cc1cc(C)c(CC(C#N)C(=O)N2CCCC2)c(C)c1. The summed E-state index contributed by atoms with van der Waals surface area (Å²) in [7, 11) is 0. The molecule has 0 spiro atoms. The zero-order valence-corrected chi connectivity index (χ0v) is 12.6. The molecule has 1 aromatic rings. The number of amides is 1. The van der Waals surface area contributed by atoms with Crippen molar-refractivity contribution in [2.24, 2.45) is 5.92 Å². The lowest BCUT2D eigenvalue weighted by Gasteiger charge is -2.20. The van der Waals surface area contributed by atoms with E-state index in [1.54, 1.807) is 0 Å². The molecule has 0 aromatic heterocycles. The molecule has 20 heavy (non-hydrogen) atoms. The van der Waals surface area contributed by atoms with E-state index in [-0.39, 0.29) is 5.91 Å². The summed E-state index contributed by atoms with van der Waals surface area (Å²) in [5, 5.41) is 9.36. The molecule has 2 rings (SSSR count). The molecule has 0 bridgehead atoms. The summed E-state index contributed by atoms with van der Waals surface area (Å²) in [4.78, 5) is 14.2. The molecule has 0 N–H and O–H groups in total. The maximum Gasteiger partial charge on any atom is 0.240 e. The third kappa shape index (κ3) is 3.01. The first-order valence-corrected chi connectivity index (χ1v) is 7.28. The van der Waals surface area contributed by atoms with Crippen molar-refractivity contribution >= 4 is 5.91 Å². The fourth-order valence-corrected chi connectivity index (χ4v) is 3.08. The van der Waals surface area contributed by atoms with Crippen molar-refractivity contribution < 1.29 is 4.79 Å². The molecule has 1 amide bonds. The summed E-state index contributed by atoms with van der Waals surface area (Å²) >= 11 is 0. The number of aryl methyl sites for hydroxylation is 3. The third-order valence-corrected chi connectivity index (χ3v) is 4.12. The van der Waals surface area contributed by atoms with Gasteiger partial charge in [-0.25, -0.2) is 0 Å². The van der Waals surface area contributed by atoms with E-state index < -0.39 is 5.92 Å². The van der Waals surface area contributed by atoms with Crippen LogP contribution in [-0.4, -0.2) is 23.9 Å². The number of carbonyl (C=O) groups excluding carboxylic acids is 1. The molecule has 1 saturated heterocycles. The Bertz CT molecular complexity index is 528. The quantitative estimate of drug-likeness (QED) is 0.847. The van der Waals surface area contributed by atoms with E-state index in [0.717, 1.165) is 31.5 Å². The lowest BCUT2D eigenvalue weighted by Crippen LogP contribution is -2.34. The molecule has 1 aliphatic heterocycles. The van der Waals surface area contributed by atoms with Crippen LogP contribution in [0.4, 0.5) is 0 Å². The van der Waals surface area contributed by atoms with Crippen molar-refractivity contribution in [2.45, 2.75) is 40.0 Å². The van der Waals surface area contributed by atoms with Gasteiger partial charge in [-0.15, -0.1) is 0 Å². The second-order valence-corrected chi connectivity index (χ2v) is 5.80.